The van der Waals surface area contributed by atoms with Crippen molar-refractivity contribution in [2.75, 3.05) is 0 Å². The topological polar surface area (TPSA) is 30.7 Å². The van der Waals surface area contributed by atoms with Crippen molar-refractivity contribution in [1.82, 2.24) is 14.5 Å². The van der Waals surface area contributed by atoms with E-state index in [2.05, 4.69) is 19.9 Å². The van der Waals surface area contributed by atoms with E-state index in [1.165, 1.54) is 0 Å². The lowest BCUT2D eigenvalue weighted by Crippen LogP contribution is -2.05. The first-order chi connectivity index (χ1) is 9.29. The zero-order valence-electron chi connectivity index (χ0n) is 10.0. The Hall–Kier alpha value is -1.10. The van der Waals surface area contributed by atoms with Crippen LogP contribution in [0, 0.1) is 0 Å². The summed E-state index contributed by atoms with van der Waals surface area (Å²) in [6.45, 7) is 0.808. The summed E-state index contributed by atoms with van der Waals surface area (Å²) in [7, 11) is 0. The van der Waals surface area contributed by atoms with Crippen LogP contribution < -0.4 is 0 Å². The maximum Gasteiger partial charge on any atom is 0.124 e. The van der Waals surface area contributed by atoms with Crippen molar-refractivity contribution in [3.63, 3.8) is 0 Å². The molecule has 0 atom stereocenters. The van der Waals surface area contributed by atoms with Crippen LogP contribution >= 0.6 is 34.5 Å². The molecular weight excluding hydrogens is 301 g/mol. The first kappa shape index (κ1) is 12.9. The third kappa shape index (κ3) is 2.48. The smallest absolute Gasteiger partial charge is 0.124 e. The SMILES string of the molecule is ClCc1nc2c(Cl)cccc2n1CCc1cscn1. The summed E-state index contributed by atoms with van der Waals surface area (Å²) < 4.78 is 2.12. The van der Waals surface area contributed by atoms with Crippen LogP contribution in [0.5, 0.6) is 0 Å². The van der Waals surface area contributed by atoms with E-state index in [0.29, 0.717) is 10.9 Å². The maximum absolute atomic E-state index is 6.17. The van der Waals surface area contributed by atoms with Gasteiger partial charge < -0.3 is 4.57 Å². The normalized spacial score (nSPS) is 11.3. The van der Waals surface area contributed by atoms with Gasteiger partial charge in [0.05, 0.1) is 27.6 Å². The molecule has 19 heavy (non-hydrogen) atoms. The summed E-state index contributed by atoms with van der Waals surface area (Å²) in [5.41, 5.74) is 4.78. The summed E-state index contributed by atoms with van der Waals surface area (Å²) in [5, 5.41) is 2.73. The van der Waals surface area contributed by atoms with Gasteiger partial charge in [-0.15, -0.1) is 22.9 Å². The molecule has 0 saturated carbocycles. The number of rotatable bonds is 4. The van der Waals surface area contributed by atoms with Gasteiger partial charge in [-0.05, 0) is 12.1 Å². The minimum Gasteiger partial charge on any atom is -0.327 e. The highest BCUT2D eigenvalue weighted by Gasteiger charge is 2.12. The summed E-state index contributed by atoms with van der Waals surface area (Å²) >= 11 is 13.8. The Labute approximate surface area is 124 Å². The zero-order valence-corrected chi connectivity index (χ0v) is 12.3. The largest absolute Gasteiger partial charge is 0.327 e. The standard InChI is InChI=1S/C13H11Cl2N3S/c14-6-12-17-13-10(15)2-1-3-11(13)18(12)5-4-9-7-19-8-16-9/h1-3,7-8H,4-6H2. The van der Waals surface area contributed by atoms with Gasteiger partial charge in [0.1, 0.15) is 11.3 Å². The van der Waals surface area contributed by atoms with Crippen LogP contribution in [0.15, 0.2) is 29.1 Å². The predicted octanol–water partition coefficient (Wildman–Crippen LogP) is 4.13. The molecule has 3 aromatic rings. The van der Waals surface area contributed by atoms with E-state index in [1.807, 2.05) is 23.7 Å². The van der Waals surface area contributed by atoms with Gasteiger partial charge in [-0.3, -0.25) is 0 Å². The van der Waals surface area contributed by atoms with Crippen LogP contribution in [-0.2, 0) is 18.8 Å². The highest BCUT2D eigenvalue weighted by Crippen LogP contribution is 2.25. The molecule has 0 amide bonds. The Bertz CT molecular complexity index is 691. The lowest BCUT2D eigenvalue weighted by atomic mass is 10.3. The van der Waals surface area contributed by atoms with Crippen LogP contribution in [0.25, 0.3) is 11.0 Å². The quantitative estimate of drug-likeness (QED) is 0.678. The number of aryl methyl sites for hydroxylation is 2. The van der Waals surface area contributed by atoms with Crippen molar-refractivity contribution in [1.29, 1.82) is 0 Å². The molecule has 0 bridgehead atoms. The van der Waals surface area contributed by atoms with E-state index < -0.39 is 0 Å². The lowest BCUT2D eigenvalue weighted by molar-refractivity contribution is 0.680. The Morgan fingerprint density at radius 2 is 2.21 bits per heavy atom. The first-order valence-corrected chi connectivity index (χ1v) is 7.72. The molecule has 6 heteroatoms. The third-order valence-electron chi connectivity index (χ3n) is 3.00. The number of aromatic nitrogens is 3. The van der Waals surface area contributed by atoms with Crippen molar-refractivity contribution in [2.45, 2.75) is 18.8 Å². The summed E-state index contributed by atoms with van der Waals surface area (Å²) in [6.07, 6.45) is 0.866. The minimum absolute atomic E-state index is 0.377. The number of fused-ring (bicyclic) bond motifs is 1. The number of benzene rings is 1. The lowest BCUT2D eigenvalue weighted by Gasteiger charge is -2.06. The van der Waals surface area contributed by atoms with Gasteiger partial charge in [-0.1, -0.05) is 17.7 Å². The monoisotopic (exact) mass is 311 g/mol. The van der Waals surface area contributed by atoms with Crippen molar-refractivity contribution in [2.24, 2.45) is 0 Å². The number of para-hydroxylation sites is 1. The van der Waals surface area contributed by atoms with Crippen LogP contribution in [0.4, 0.5) is 0 Å². The minimum atomic E-state index is 0.377. The van der Waals surface area contributed by atoms with Crippen LogP contribution in [-0.4, -0.2) is 14.5 Å². The maximum atomic E-state index is 6.17. The van der Waals surface area contributed by atoms with Crippen molar-refractivity contribution in [3.05, 3.63) is 45.6 Å². The number of alkyl halides is 1. The Morgan fingerprint density at radius 1 is 1.32 bits per heavy atom. The molecule has 0 radical (unpaired) electrons. The zero-order chi connectivity index (χ0) is 13.2. The molecule has 3 nitrogen and oxygen atoms in total. The average Bonchev–Trinajstić information content (AvgIpc) is 3.03. The molecule has 0 spiro atoms. The Kier molecular flexibility index (Phi) is 3.73. The average molecular weight is 312 g/mol. The van der Waals surface area contributed by atoms with Crippen LogP contribution in [0.1, 0.15) is 11.5 Å². The molecule has 0 aliphatic heterocycles. The highest BCUT2D eigenvalue weighted by molar-refractivity contribution is 7.07. The van der Waals surface area contributed by atoms with E-state index in [1.54, 1.807) is 11.3 Å². The number of halogens is 2. The molecule has 2 aromatic heterocycles. The molecule has 2 heterocycles. The van der Waals surface area contributed by atoms with Gasteiger partial charge in [-0.2, -0.15) is 0 Å². The van der Waals surface area contributed by atoms with Gasteiger partial charge in [-0.25, -0.2) is 9.97 Å². The fourth-order valence-corrected chi connectivity index (χ4v) is 3.11. The number of thiazole rings is 1. The molecule has 1 aromatic carbocycles. The van der Waals surface area contributed by atoms with Gasteiger partial charge in [0.15, 0.2) is 0 Å². The molecule has 0 N–H and O–H groups in total. The third-order valence-corrected chi connectivity index (χ3v) is 4.18. The van der Waals surface area contributed by atoms with Gasteiger partial charge >= 0.3 is 0 Å². The molecule has 0 fully saturated rings. The molecule has 0 saturated heterocycles. The summed E-state index contributed by atoms with van der Waals surface area (Å²) in [5.74, 6) is 1.22. The van der Waals surface area contributed by atoms with Gasteiger partial charge in [0.2, 0.25) is 0 Å². The molecule has 98 valence electrons. The van der Waals surface area contributed by atoms with Gasteiger partial charge in [0.25, 0.3) is 0 Å². The molecule has 0 aliphatic rings. The second-order valence-corrected chi connectivity index (χ2v) is 5.54. The van der Waals surface area contributed by atoms with E-state index in [-0.39, 0.29) is 0 Å². The van der Waals surface area contributed by atoms with Crippen molar-refractivity contribution < 1.29 is 0 Å². The number of nitrogens with zero attached hydrogens (tertiary/aromatic N) is 3. The molecule has 0 unspecified atom stereocenters. The second kappa shape index (κ2) is 5.49. The van der Waals surface area contributed by atoms with E-state index in [9.17, 15) is 0 Å². The fraction of sp³-hybridized carbons (Fsp3) is 0.231. The van der Waals surface area contributed by atoms with E-state index in [4.69, 9.17) is 23.2 Å². The van der Waals surface area contributed by atoms with Crippen molar-refractivity contribution in [3.8, 4) is 0 Å². The molecular formula is C13H11Cl2N3S. The van der Waals surface area contributed by atoms with E-state index >= 15 is 0 Å². The highest BCUT2D eigenvalue weighted by atomic mass is 35.5. The second-order valence-electron chi connectivity index (χ2n) is 4.15. The van der Waals surface area contributed by atoms with Crippen molar-refractivity contribution >= 4 is 45.6 Å². The Morgan fingerprint density at radius 3 is 2.95 bits per heavy atom. The number of imidazole rings is 1. The number of hydrogen-bond acceptors (Lipinski definition) is 3. The summed E-state index contributed by atoms with van der Waals surface area (Å²) in [4.78, 5) is 8.81. The predicted molar refractivity (Wildman–Crippen MR) is 80.1 cm³/mol. The van der Waals surface area contributed by atoms with E-state index in [0.717, 1.165) is 35.5 Å². The number of hydrogen-bond donors (Lipinski definition) is 0. The molecule has 3 rings (SSSR count). The Balaban J connectivity index is 1.99. The summed E-state index contributed by atoms with van der Waals surface area (Å²) in [6, 6.07) is 5.80. The molecule has 0 aliphatic carbocycles. The van der Waals surface area contributed by atoms with Crippen LogP contribution in [0.3, 0.4) is 0 Å². The fourth-order valence-electron chi connectivity index (χ4n) is 2.10. The van der Waals surface area contributed by atoms with Gasteiger partial charge in [0, 0.05) is 18.3 Å². The first-order valence-electron chi connectivity index (χ1n) is 5.86. The van der Waals surface area contributed by atoms with Crippen LogP contribution in [0.2, 0.25) is 5.02 Å².